The molecule has 2 fully saturated rings. The first kappa shape index (κ1) is 34.9. The predicted molar refractivity (Wildman–Crippen MR) is 182 cm³/mol. The number of likely N-dealkylation sites (tertiary alicyclic amines) is 1. The Hall–Kier alpha value is -3.95. The number of piperazine rings is 1. The summed E-state index contributed by atoms with van der Waals surface area (Å²) >= 11 is 7.33. The Morgan fingerprint density at radius 1 is 1.08 bits per heavy atom. The minimum Gasteiger partial charge on any atom is -0.497 e. The van der Waals surface area contributed by atoms with Gasteiger partial charge in [0.25, 0.3) is 0 Å². The van der Waals surface area contributed by atoms with Gasteiger partial charge in [-0.05, 0) is 69.7 Å². The lowest BCUT2D eigenvalue weighted by atomic mass is 9.80. The number of anilines is 1. The summed E-state index contributed by atoms with van der Waals surface area (Å²) in [5, 5.41) is 14.4. The number of nitrogens with one attached hydrogen (secondary N) is 1. The van der Waals surface area contributed by atoms with Gasteiger partial charge in [-0.2, -0.15) is 13.2 Å². The number of pyridine rings is 1. The summed E-state index contributed by atoms with van der Waals surface area (Å²) in [7, 11) is -0.217. The van der Waals surface area contributed by atoms with E-state index in [0.717, 1.165) is 13.1 Å². The molecule has 2 N–H and O–H groups in total. The van der Waals surface area contributed by atoms with Crippen molar-refractivity contribution in [3.8, 4) is 17.4 Å². The second kappa shape index (κ2) is 13.8. The van der Waals surface area contributed by atoms with Gasteiger partial charge in [-0.25, -0.2) is 4.98 Å². The molecule has 0 saturated carbocycles. The van der Waals surface area contributed by atoms with E-state index >= 15 is 8.42 Å². The number of amides is 2. The van der Waals surface area contributed by atoms with E-state index in [1.165, 1.54) is 32.4 Å². The van der Waals surface area contributed by atoms with Crippen LogP contribution in [0.1, 0.15) is 42.9 Å². The average molecular weight is 715 g/mol. The van der Waals surface area contributed by atoms with Crippen molar-refractivity contribution in [2.75, 3.05) is 52.8 Å². The van der Waals surface area contributed by atoms with Crippen molar-refractivity contribution in [3.05, 3.63) is 71.9 Å². The number of carbonyl (C=O) groups excluding carboxylic acids is 1. The van der Waals surface area contributed by atoms with Crippen molar-refractivity contribution in [3.63, 3.8) is 0 Å². The summed E-state index contributed by atoms with van der Waals surface area (Å²) in [6, 6.07) is 11.8. The number of nitrogens with zero attached hydrogens (tertiary/aromatic N) is 4. The number of quaternary nitrogens is 1. The largest absolute Gasteiger partial charge is 0.529 e. The Bertz CT molecular complexity index is 1840. The highest BCUT2D eigenvalue weighted by atomic mass is 35.5. The van der Waals surface area contributed by atoms with E-state index < -0.39 is 56.0 Å². The van der Waals surface area contributed by atoms with E-state index in [9.17, 15) is 14.7 Å². The number of benzene rings is 2. The number of carbonyl (C=O) groups is 2. The number of fused-ring (bicyclic) bond motifs is 1. The minimum atomic E-state index is -4.97. The number of halogens is 1. The molecule has 13 nitrogen and oxygen atoms in total. The highest BCUT2D eigenvalue weighted by Gasteiger charge is 2.70. The Morgan fingerprint density at radius 2 is 1.80 bits per heavy atom. The van der Waals surface area contributed by atoms with Gasteiger partial charge < -0.3 is 29.5 Å². The quantitative estimate of drug-likeness (QED) is 0.183. The molecular weight excluding hydrogens is 674 g/mol. The molecule has 0 aliphatic carbocycles. The van der Waals surface area contributed by atoms with Crippen LogP contribution in [0.4, 0.5) is 10.5 Å². The maximum atomic E-state index is 15.4. The van der Waals surface area contributed by atoms with Crippen LogP contribution in [-0.4, -0.2) is 109 Å². The molecule has 2 amide bonds. The minimum absolute atomic E-state index is 0.107. The summed E-state index contributed by atoms with van der Waals surface area (Å²) in [4.78, 5) is 36.7. The summed E-state index contributed by atoms with van der Waals surface area (Å²) in [6.45, 7) is 2.97. The highest BCUT2D eigenvalue weighted by Crippen LogP contribution is 2.54. The molecule has 0 radical (unpaired) electrons. The lowest BCUT2D eigenvalue weighted by Crippen LogP contribution is -2.75. The standard InChI is InChI=1S/C34H40ClN5O8S/c1-5-48-33-24(10-8-16-36-33)30-31(29-23-9-6-7-11-25(23)37-32(29)41)40(34(42)43,20-28(35)39(30)21-14-17-38(2)18-15-21)49(44,45)27-13-12-22(46-3)19-26(27)47-4/h6-13,16,19,21,28-31H,5,14-15,17-18,20H2,1-4H3,(H-,37,41,42,43)/p+1. The number of hydrogen-bond acceptors (Lipinski definition) is 10. The number of carboxylic acid groups (broad SMARTS) is 1. The monoisotopic (exact) mass is 714 g/mol. The van der Waals surface area contributed by atoms with E-state index in [1.807, 2.05) is 11.9 Å². The molecule has 15 heteroatoms. The number of ether oxygens (including phenoxy) is 3. The highest BCUT2D eigenvalue weighted by molar-refractivity contribution is 7.86. The Labute approximate surface area is 291 Å². The molecule has 1 aromatic heterocycles. The summed E-state index contributed by atoms with van der Waals surface area (Å²) in [6.07, 6.45) is 1.25. The van der Waals surface area contributed by atoms with Gasteiger partial charge in [0, 0.05) is 29.6 Å². The SMILES string of the molecule is CCOc1ncccc1C1C(C2C(=O)Nc3ccccc32)[N+](C(=O)O)(S(=O)(=O)c2ccc(OC)cc2OC)CC(Cl)N1C1CCN(C)CC1. The zero-order valence-corrected chi connectivity index (χ0v) is 29.4. The third kappa shape index (κ3) is 5.78. The van der Waals surface area contributed by atoms with Crippen molar-refractivity contribution in [1.82, 2.24) is 14.8 Å². The van der Waals surface area contributed by atoms with Crippen LogP contribution in [0.25, 0.3) is 0 Å². The van der Waals surface area contributed by atoms with Gasteiger partial charge >= 0.3 is 16.1 Å². The Morgan fingerprint density at radius 3 is 2.47 bits per heavy atom. The number of aromatic nitrogens is 1. The van der Waals surface area contributed by atoms with Crippen LogP contribution in [0, 0.1) is 0 Å². The number of alkyl halides is 1. The molecule has 2 saturated heterocycles. The van der Waals surface area contributed by atoms with Gasteiger partial charge in [0.2, 0.25) is 11.8 Å². The molecule has 6 rings (SSSR count). The maximum absolute atomic E-state index is 15.4. The fraction of sp³-hybridized carbons (Fsp3) is 0.441. The molecule has 0 bridgehead atoms. The third-order valence-electron chi connectivity index (χ3n) is 9.96. The van der Waals surface area contributed by atoms with E-state index in [2.05, 4.69) is 15.2 Å². The summed E-state index contributed by atoms with van der Waals surface area (Å²) < 4.78 is 46.0. The van der Waals surface area contributed by atoms with Crippen LogP contribution in [0.15, 0.2) is 65.7 Å². The lowest BCUT2D eigenvalue weighted by molar-refractivity contribution is -0.777. The van der Waals surface area contributed by atoms with Gasteiger partial charge in [0.1, 0.15) is 29.5 Å². The van der Waals surface area contributed by atoms with E-state index in [1.54, 1.807) is 49.5 Å². The molecule has 0 spiro atoms. The molecule has 49 heavy (non-hydrogen) atoms. The lowest BCUT2D eigenvalue weighted by Gasteiger charge is -2.55. The molecule has 3 aliphatic heterocycles. The molecule has 3 aliphatic rings. The fourth-order valence-electron chi connectivity index (χ4n) is 7.72. The first-order valence-electron chi connectivity index (χ1n) is 16.2. The van der Waals surface area contributed by atoms with Crippen LogP contribution >= 0.6 is 11.6 Å². The molecule has 3 aromatic rings. The molecule has 2 aromatic carbocycles. The first-order chi connectivity index (χ1) is 23.5. The Balaban J connectivity index is 1.70. The topological polar surface area (TPSA) is 148 Å². The van der Waals surface area contributed by atoms with Gasteiger partial charge in [-0.1, -0.05) is 35.9 Å². The summed E-state index contributed by atoms with van der Waals surface area (Å²) in [5.41, 5.74) is 0.311. The zero-order valence-electron chi connectivity index (χ0n) is 27.8. The number of hydrogen-bond donors (Lipinski definition) is 2. The molecule has 5 unspecified atom stereocenters. The second-order valence-corrected chi connectivity index (χ2v) is 15.0. The van der Waals surface area contributed by atoms with Gasteiger partial charge in [0.05, 0.1) is 26.9 Å². The molecular formula is C34H41ClN5O8S+. The van der Waals surface area contributed by atoms with Gasteiger partial charge in [-0.15, -0.1) is 3.89 Å². The van der Waals surface area contributed by atoms with Crippen LogP contribution in [-0.2, 0) is 14.8 Å². The molecule has 5 atom stereocenters. The van der Waals surface area contributed by atoms with Crippen LogP contribution in [0.3, 0.4) is 0 Å². The van der Waals surface area contributed by atoms with E-state index in [-0.39, 0.29) is 29.2 Å². The number of piperidine rings is 1. The van der Waals surface area contributed by atoms with Crippen molar-refractivity contribution in [2.24, 2.45) is 0 Å². The normalized spacial score (nSPS) is 26.5. The maximum Gasteiger partial charge on any atom is 0.529 e. The van der Waals surface area contributed by atoms with E-state index in [0.29, 0.717) is 35.4 Å². The number of para-hydroxylation sites is 1. The van der Waals surface area contributed by atoms with Gasteiger partial charge in [0.15, 0.2) is 10.9 Å². The third-order valence-corrected chi connectivity index (χ3v) is 12.6. The second-order valence-electron chi connectivity index (χ2n) is 12.5. The van der Waals surface area contributed by atoms with Crippen molar-refractivity contribution in [2.45, 2.75) is 54.2 Å². The molecule has 262 valence electrons. The van der Waals surface area contributed by atoms with Gasteiger partial charge in [-0.3, -0.25) is 9.69 Å². The number of rotatable bonds is 9. The number of methoxy groups -OCH3 is 2. The van der Waals surface area contributed by atoms with Crippen LogP contribution in [0.5, 0.6) is 17.4 Å². The summed E-state index contributed by atoms with van der Waals surface area (Å²) in [5.74, 6) is -1.34. The average Bonchev–Trinajstić information content (AvgIpc) is 3.43. The van der Waals surface area contributed by atoms with Crippen molar-refractivity contribution in [1.29, 1.82) is 0 Å². The van der Waals surface area contributed by atoms with E-state index in [4.69, 9.17) is 25.8 Å². The molecule has 4 heterocycles. The Kier molecular flexibility index (Phi) is 9.79. The van der Waals surface area contributed by atoms with Crippen LogP contribution < -0.4 is 19.5 Å². The zero-order chi connectivity index (χ0) is 35.1. The van der Waals surface area contributed by atoms with Crippen molar-refractivity contribution >= 4 is 39.3 Å². The fourth-order valence-corrected chi connectivity index (χ4v) is 10.4. The van der Waals surface area contributed by atoms with Crippen molar-refractivity contribution < 1.29 is 41.2 Å². The first-order valence-corrected chi connectivity index (χ1v) is 18.0. The number of sulfonamides is 1. The smallest absolute Gasteiger partial charge is 0.497 e. The van der Waals surface area contributed by atoms with Crippen LogP contribution in [0.2, 0.25) is 0 Å². The predicted octanol–water partition coefficient (Wildman–Crippen LogP) is 4.50.